The Bertz CT molecular complexity index is 744. The van der Waals surface area contributed by atoms with Crippen LogP contribution < -0.4 is 15.8 Å². The summed E-state index contributed by atoms with van der Waals surface area (Å²) in [6.45, 7) is 3.00. The van der Waals surface area contributed by atoms with Crippen LogP contribution in [0.3, 0.4) is 0 Å². The molecule has 0 saturated carbocycles. The Balaban J connectivity index is 1.32. The van der Waals surface area contributed by atoms with E-state index in [1.54, 1.807) is 18.3 Å². The lowest BCUT2D eigenvalue weighted by molar-refractivity contribution is -0.133. The molecular weight excluding hydrogens is 330 g/mol. The second-order valence-electron chi connectivity index (χ2n) is 6.72. The van der Waals surface area contributed by atoms with Gasteiger partial charge in [0.2, 0.25) is 5.91 Å². The number of aromatic nitrogens is 1. The highest BCUT2D eigenvalue weighted by atomic mass is 16.3. The molecule has 0 spiro atoms. The predicted molar refractivity (Wildman–Crippen MR) is 98.6 cm³/mol. The lowest BCUT2D eigenvalue weighted by atomic mass is 10.0. The monoisotopic (exact) mass is 353 g/mol. The van der Waals surface area contributed by atoms with Crippen molar-refractivity contribution >= 4 is 11.7 Å². The highest BCUT2D eigenvalue weighted by Crippen LogP contribution is 2.25. The van der Waals surface area contributed by atoms with Gasteiger partial charge in [0.1, 0.15) is 17.6 Å². The van der Waals surface area contributed by atoms with Crippen molar-refractivity contribution in [1.29, 1.82) is 0 Å². The second-order valence-corrected chi connectivity index (χ2v) is 6.72. The first kappa shape index (κ1) is 16.8. The van der Waals surface area contributed by atoms with Gasteiger partial charge in [0.05, 0.1) is 0 Å². The molecule has 2 fully saturated rings. The number of piperazine rings is 1. The standard InChI is InChI=1S/C19H23N5O2/c25-15-6-4-14(5-7-15)16-13-17(22-21-16)19(26)24-11-9-23(10-12-24)18-3-1-2-8-20-18/h1-8,16-17,21-22,25H,9-13H2. The average Bonchev–Trinajstić information content (AvgIpc) is 3.19. The minimum absolute atomic E-state index is 0.0688. The number of anilines is 1. The lowest BCUT2D eigenvalue weighted by Gasteiger charge is -2.36. The molecule has 2 aromatic rings. The van der Waals surface area contributed by atoms with Crippen LogP contribution in [0.4, 0.5) is 5.82 Å². The van der Waals surface area contributed by atoms with Crippen LogP contribution in [0.5, 0.6) is 5.75 Å². The van der Waals surface area contributed by atoms with Gasteiger partial charge in [-0.2, -0.15) is 0 Å². The number of carbonyl (C=O) groups is 1. The van der Waals surface area contributed by atoms with Gasteiger partial charge < -0.3 is 14.9 Å². The largest absolute Gasteiger partial charge is 0.508 e. The molecule has 1 amide bonds. The van der Waals surface area contributed by atoms with Crippen LogP contribution in [0, 0.1) is 0 Å². The molecule has 7 heteroatoms. The number of phenols is 1. The summed E-state index contributed by atoms with van der Waals surface area (Å²) >= 11 is 0. The molecule has 2 aliphatic heterocycles. The molecule has 0 aliphatic carbocycles. The minimum atomic E-state index is -0.227. The van der Waals surface area contributed by atoms with Crippen LogP contribution in [0.2, 0.25) is 0 Å². The molecule has 136 valence electrons. The first-order valence-electron chi connectivity index (χ1n) is 8.95. The van der Waals surface area contributed by atoms with E-state index < -0.39 is 0 Å². The topological polar surface area (TPSA) is 80.7 Å². The Morgan fingerprint density at radius 2 is 1.81 bits per heavy atom. The molecule has 7 nitrogen and oxygen atoms in total. The molecule has 0 bridgehead atoms. The summed E-state index contributed by atoms with van der Waals surface area (Å²) in [7, 11) is 0. The van der Waals surface area contributed by atoms with E-state index >= 15 is 0 Å². The lowest BCUT2D eigenvalue weighted by Crippen LogP contribution is -2.53. The number of aromatic hydroxyl groups is 1. The Morgan fingerprint density at radius 1 is 1.04 bits per heavy atom. The number of phenolic OH excluding ortho intramolecular Hbond substituents is 1. The van der Waals surface area contributed by atoms with Gasteiger partial charge in [0.25, 0.3) is 0 Å². The summed E-state index contributed by atoms with van der Waals surface area (Å²) in [5.41, 5.74) is 7.39. The molecule has 2 saturated heterocycles. The second kappa shape index (κ2) is 7.31. The van der Waals surface area contributed by atoms with Gasteiger partial charge in [0.15, 0.2) is 0 Å². The molecule has 2 atom stereocenters. The van der Waals surface area contributed by atoms with Crippen molar-refractivity contribution in [2.24, 2.45) is 0 Å². The first-order chi connectivity index (χ1) is 12.7. The average molecular weight is 353 g/mol. The van der Waals surface area contributed by atoms with Gasteiger partial charge in [-0.3, -0.25) is 4.79 Å². The smallest absolute Gasteiger partial charge is 0.241 e. The SMILES string of the molecule is O=C(C1CC(c2ccc(O)cc2)NN1)N1CCN(c2ccccn2)CC1. The van der Waals surface area contributed by atoms with E-state index in [1.165, 1.54) is 0 Å². The molecule has 3 N–H and O–H groups in total. The van der Waals surface area contributed by atoms with Crippen molar-refractivity contribution in [3.05, 3.63) is 54.2 Å². The van der Waals surface area contributed by atoms with Crippen molar-refractivity contribution < 1.29 is 9.90 Å². The molecule has 1 aromatic heterocycles. The van der Waals surface area contributed by atoms with Crippen molar-refractivity contribution in [1.82, 2.24) is 20.7 Å². The Labute approximate surface area is 152 Å². The third-order valence-corrected chi connectivity index (χ3v) is 5.06. The zero-order valence-electron chi connectivity index (χ0n) is 14.5. The molecule has 2 aliphatic rings. The van der Waals surface area contributed by atoms with Crippen LogP contribution >= 0.6 is 0 Å². The number of benzene rings is 1. The maximum absolute atomic E-state index is 12.8. The van der Waals surface area contributed by atoms with Gasteiger partial charge >= 0.3 is 0 Å². The molecule has 3 heterocycles. The van der Waals surface area contributed by atoms with Gasteiger partial charge in [-0.25, -0.2) is 15.8 Å². The van der Waals surface area contributed by atoms with Crippen LogP contribution in [-0.4, -0.2) is 53.1 Å². The van der Waals surface area contributed by atoms with E-state index in [-0.39, 0.29) is 23.7 Å². The zero-order chi connectivity index (χ0) is 17.9. The van der Waals surface area contributed by atoms with Crippen LogP contribution in [-0.2, 0) is 4.79 Å². The number of amides is 1. The number of hydrogen-bond acceptors (Lipinski definition) is 6. The van der Waals surface area contributed by atoms with Crippen LogP contribution in [0.1, 0.15) is 18.0 Å². The molecular formula is C19H23N5O2. The molecule has 4 rings (SSSR count). The first-order valence-corrected chi connectivity index (χ1v) is 8.95. The number of carbonyl (C=O) groups excluding carboxylic acids is 1. The quantitative estimate of drug-likeness (QED) is 0.765. The van der Waals surface area contributed by atoms with Gasteiger partial charge in [-0.1, -0.05) is 18.2 Å². The van der Waals surface area contributed by atoms with E-state index in [4.69, 9.17) is 0 Å². The predicted octanol–water partition coefficient (Wildman–Crippen LogP) is 1.04. The summed E-state index contributed by atoms with van der Waals surface area (Å²) in [5, 5.41) is 9.41. The number of hydrogen-bond donors (Lipinski definition) is 3. The van der Waals surface area contributed by atoms with Crippen molar-refractivity contribution in [2.45, 2.75) is 18.5 Å². The highest BCUT2D eigenvalue weighted by molar-refractivity contribution is 5.82. The van der Waals surface area contributed by atoms with Crippen LogP contribution in [0.15, 0.2) is 48.7 Å². The number of nitrogens with zero attached hydrogens (tertiary/aromatic N) is 3. The summed E-state index contributed by atoms with van der Waals surface area (Å²) in [4.78, 5) is 21.3. The number of nitrogens with one attached hydrogen (secondary N) is 2. The van der Waals surface area contributed by atoms with Crippen molar-refractivity contribution in [3.8, 4) is 5.75 Å². The number of pyridine rings is 1. The van der Waals surface area contributed by atoms with Crippen molar-refractivity contribution in [2.75, 3.05) is 31.1 Å². The fraction of sp³-hybridized carbons (Fsp3) is 0.368. The maximum Gasteiger partial charge on any atom is 0.241 e. The van der Waals surface area contributed by atoms with Gasteiger partial charge in [-0.15, -0.1) is 0 Å². The van der Waals surface area contributed by atoms with Crippen LogP contribution in [0.25, 0.3) is 0 Å². The van der Waals surface area contributed by atoms with Crippen molar-refractivity contribution in [3.63, 3.8) is 0 Å². The summed E-state index contributed by atoms with van der Waals surface area (Å²) in [6, 6.07) is 12.8. The molecule has 2 unspecified atom stereocenters. The fourth-order valence-corrected chi connectivity index (χ4v) is 3.56. The molecule has 0 radical (unpaired) electrons. The summed E-state index contributed by atoms with van der Waals surface area (Å²) in [6.07, 6.45) is 2.49. The number of rotatable bonds is 3. The highest BCUT2D eigenvalue weighted by Gasteiger charge is 2.34. The van der Waals surface area contributed by atoms with E-state index in [0.29, 0.717) is 19.5 Å². The van der Waals surface area contributed by atoms with Gasteiger partial charge in [-0.05, 0) is 36.2 Å². The van der Waals surface area contributed by atoms with Gasteiger partial charge in [0, 0.05) is 38.4 Å². The Hall–Kier alpha value is -2.64. The Morgan fingerprint density at radius 3 is 2.50 bits per heavy atom. The Kier molecular flexibility index (Phi) is 4.73. The van der Waals surface area contributed by atoms with E-state index in [9.17, 15) is 9.90 Å². The summed E-state index contributed by atoms with van der Waals surface area (Å²) in [5.74, 6) is 1.35. The number of hydrazine groups is 1. The van der Waals surface area contributed by atoms with E-state index in [2.05, 4.69) is 20.7 Å². The van der Waals surface area contributed by atoms with E-state index in [0.717, 1.165) is 24.5 Å². The molecule has 26 heavy (non-hydrogen) atoms. The normalized spacial score (nSPS) is 23.2. The zero-order valence-corrected chi connectivity index (χ0v) is 14.5. The molecule has 1 aromatic carbocycles. The maximum atomic E-state index is 12.8. The third-order valence-electron chi connectivity index (χ3n) is 5.06. The fourth-order valence-electron chi connectivity index (χ4n) is 3.56. The minimum Gasteiger partial charge on any atom is -0.508 e. The van der Waals surface area contributed by atoms with E-state index in [1.807, 2.05) is 35.2 Å². The third kappa shape index (κ3) is 3.49. The summed E-state index contributed by atoms with van der Waals surface area (Å²) < 4.78 is 0.